The maximum absolute atomic E-state index is 13.8. The van der Waals surface area contributed by atoms with Crippen LogP contribution in [0.3, 0.4) is 0 Å². The highest BCUT2D eigenvalue weighted by atomic mass is 19.4. The zero-order valence-corrected chi connectivity index (χ0v) is 17.3. The van der Waals surface area contributed by atoms with Crippen LogP contribution in [0, 0.1) is 5.82 Å². The van der Waals surface area contributed by atoms with E-state index >= 15 is 0 Å². The number of amides is 1. The number of fused-ring (bicyclic) bond motifs is 3. The Morgan fingerprint density at radius 1 is 1.09 bits per heavy atom. The summed E-state index contributed by atoms with van der Waals surface area (Å²) in [7, 11) is 0. The Morgan fingerprint density at radius 3 is 2.67 bits per heavy atom. The summed E-state index contributed by atoms with van der Waals surface area (Å²) < 4.78 is 64.4. The smallest absolute Gasteiger partial charge is 0.383 e. The molecule has 1 unspecified atom stereocenters. The van der Waals surface area contributed by atoms with E-state index in [4.69, 9.17) is 15.2 Å². The Labute approximate surface area is 185 Å². The van der Waals surface area contributed by atoms with Crippen LogP contribution in [0.4, 0.5) is 23.4 Å². The third kappa shape index (κ3) is 3.79. The number of hydrogen-bond donors (Lipinski definition) is 1. The number of pyridine rings is 1. The van der Waals surface area contributed by atoms with E-state index in [0.717, 1.165) is 28.6 Å². The first-order valence-corrected chi connectivity index (χ1v) is 10.3. The summed E-state index contributed by atoms with van der Waals surface area (Å²) in [4.78, 5) is 19.3. The molecule has 2 aliphatic heterocycles. The number of carbonyl (C=O) groups excluding carboxylic acids is 1. The molecule has 2 N–H and O–H groups in total. The number of anilines is 1. The van der Waals surface area contributed by atoms with E-state index in [1.165, 1.54) is 11.0 Å². The number of hydrogen-bond acceptors (Lipinski definition) is 5. The zero-order chi connectivity index (χ0) is 23.3. The molecule has 0 spiro atoms. The molecule has 5 rings (SSSR count). The third-order valence-electron chi connectivity index (χ3n) is 6.05. The van der Waals surface area contributed by atoms with Crippen molar-refractivity contribution in [3.05, 3.63) is 70.0 Å². The number of nitrogen functional groups attached to an aromatic ring is 1. The van der Waals surface area contributed by atoms with Crippen LogP contribution in [-0.4, -0.2) is 35.5 Å². The molecule has 1 atom stereocenters. The summed E-state index contributed by atoms with van der Waals surface area (Å²) in [6.45, 7) is 1.13. The fourth-order valence-corrected chi connectivity index (χ4v) is 4.36. The van der Waals surface area contributed by atoms with Crippen molar-refractivity contribution in [1.82, 2.24) is 9.88 Å². The Hall–Kier alpha value is -3.24. The second-order valence-corrected chi connectivity index (χ2v) is 8.01. The standard InChI is InChI=1S/C23H19F4N3O3/c24-18-3-1-12(8-17(18)23(25,26)27)20-11-32-6-5-30(20)22(31)13-2-4-19-14(7-13)15-9-33-10-16(15)21(28)29-19/h1-4,7-8,20H,5-6,9-11H2,(H2,28,29). The lowest BCUT2D eigenvalue weighted by molar-refractivity contribution is -0.140. The van der Waals surface area contributed by atoms with Gasteiger partial charge in [0.1, 0.15) is 11.6 Å². The van der Waals surface area contributed by atoms with E-state index in [2.05, 4.69) is 4.98 Å². The molecule has 10 heteroatoms. The average molecular weight is 461 g/mol. The average Bonchev–Trinajstić information content (AvgIpc) is 3.29. The van der Waals surface area contributed by atoms with Gasteiger partial charge in [-0.15, -0.1) is 0 Å². The lowest BCUT2D eigenvalue weighted by Gasteiger charge is -2.36. The molecule has 1 saturated heterocycles. The van der Waals surface area contributed by atoms with Crippen LogP contribution in [0.2, 0.25) is 0 Å². The number of nitrogens with two attached hydrogens (primary N) is 1. The van der Waals surface area contributed by atoms with Crippen molar-refractivity contribution in [1.29, 1.82) is 0 Å². The molecular weight excluding hydrogens is 442 g/mol. The molecule has 2 aromatic carbocycles. The molecule has 1 aromatic heterocycles. The summed E-state index contributed by atoms with van der Waals surface area (Å²) in [6, 6.07) is 6.97. The summed E-state index contributed by atoms with van der Waals surface area (Å²) >= 11 is 0. The third-order valence-corrected chi connectivity index (χ3v) is 6.05. The SMILES string of the molecule is Nc1nc2ccc(C(=O)N3CCOCC3c3ccc(F)c(C(F)(F)F)c3)cc2c2c1COC2. The molecular formula is C23H19F4N3O3. The summed E-state index contributed by atoms with van der Waals surface area (Å²) in [6.07, 6.45) is -4.85. The normalized spacial score (nSPS) is 18.5. The van der Waals surface area contributed by atoms with E-state index in [-0.39, 0.29) is 31.2 Å². The molecule has 3 heterocycles. The van der Waals surface area contributed by atoms with Gasteiger partial charge in [0.25, 0.3) is 5.91 Å². The molecule has 6 nitrogen and oxygen atoms in total. The number of carbonyl (C=O) groups is 1. The van der Waals surface area contributed by atoms with Gasteiger partial charge in [-0.25, -0.2) is 9.37 Å². The molecule has 3 aromatic rings. The van der Waals surface area contributed by atoms with Crippen molar-refractivity contribution in [2.75, 3.05) is 25.5 Å². The van der Waals surface area contributed by atoms with Crippen LogP contribution in [0.25, 0.3) is 10.9 Å². The maximum atomic E-state index is 13.8. The predicted molar refractivity (Wildman–Crippen MR) is 111 cm³/mol. The number of ether oxygens (including phenoxy) is 2. The fourth-order valence-electron chi connectivity index (χ4n) is 4.36. The van der Waals surface area contributed by atoms with E-state index in [9.17, 15) is 22.4 Å². The lowest BCUT2D eigenvalue weighted by Crippen LogP contribution is -2.43. The Morgan fingerprint density at radius 2 is 1.88 bits per heavy atom. The van der Waals surface area contributed by atoms with Crippen molar-refractivity contribution in [2.24, 2.45) is 0 Å². The number of aromatic nitrogens is 1. The van der Waals surface area contributed by atoms with E-state index in [1.807, 2.05) is 0 Å². The van der Waals surface area contributed by atoms with Crippen molar-refractivity contribution in [3.8, 4) is 0 Å². The highest BCUT2D eigenvalue weighted by molar-refractivity contribution is 5.99. The summed E-state index contributed by atoms with van der Waals surface area (Å²) in [5.74, 6) is -1.34. The van der Waals surface area contributed by atoms with Crippen molar-refractivity contribution < 1.29 is 31.8 Å². The minimum Gasteiger partial charge on any atom is -0.383 e. The Kier molecular flexibility index (Phi) is 5.21. The monoisotopic (exact) mass is 461 g/mol. The number of nitrogens with zero attached hydrogens (tertiary/aromatic N) is 2. The summed E-state index contributed by atoms with van der Waals surface area (Å²) in [5, 5.41) is 0.744. The Balaban J connectivity index is 1.52. The Bertz CT molecular complexity index is 1260. The van der Waals surface area contributed by atoms with Crippen LogP contribution in [0.15, 0.2) is 36.4 Å². The van der Waals surface area contributed by atoms with Gasteiger partial charge in [0.15, 0.2) is 0 Å². The van der Waals surface area contributed by atoms with E-state index in [0.29, 0.717) is 30.1 Å². The van der Waals surface area contributed by atoms with E-state index < -0.39 is 23.6 Å². The van der Waals surface area contributed by atoms with Gasteiger partial charge in [-0.2, -0.15) is 13.2 Å². The molecule has 1 fully saturated rings. The molecule has 33 heavy (non-hydrogen) atoms. The van der Waals surface area contributed by atoms with Gasteiger partial charge < -0.3 is 20.1 Å². The molecule has 0 radical (unpaired) electrons. The number of halogens is 4. The number of morpholine rings is 1. The van der Waals surface area contributed by atoms with Crippen LogP contribution in [0.1, 0.15) is 38.7 Å². The fraction of sp³-hybridized carbons (Fsp3) is 0.304. The molecule has 0 saturated carbocycles. The highest BCUT2D eigenvalue weighted by Gasteiger charge is 2.36. The maximum Gasteiger partial charge on any atom is 0.419 e. The second-order valence-electron chi connectivity index (χ2n) is 8.01. The van der Waals surface area contributed by atoms with E-state index in [1.54, 1.807) is 18.2 Å². The zero-order valence-electron chi connectivity index (χ0n) is 17.3. The topological polar surface area (TPSA) is 77.7 Å². The quantitative estimate of drug-likeness (QED) is 0.579. The van der Waals surface area contributed by atoms with Crippen LogP contribution in [0.5, 0.6) is 0 Å². The second kappa shape index (κ2) is 7.96. The van der Waals surface area contributed by atoms with Crippen LogP contribution < -0.4 is 5.73 Å². The van der Waals surface area contributed by atoms with Gasteiger partial charge >= 0.3 is 6.18 Å². The molecule has 172 valence electrons. The largest absolute Gasteiger partial charge is 0.419 e. The summed E-state index contributed by atoms with van der Waals surface area (Å²) in [5.41, 5.74) is 7.43. The lowest BCUT2D eigenvalue weighted by atomic mass is 9.99. The van der Waals surface area contributed by atoms with Gasteiger partial charge in [-0.05, 0) is 41.5 Å². The highest BCUT2D eigenvalue weighted by Crippen LogP contribution is 2.36. The molecule has 0 bridgehead atoms. The van der Waals surface area contributed by atoms with Gasteiger partial charge in [0, 0.05) is 23.1 Å². The first kappa shape index (κ1) is 21.6. The van der Waals surface area contributed by atoms with Gasteiger partial charge in [0.05, 0.1) is 43.5 Å². The van der Waals surface area contributed by atoms with Gasteiger partial charge in [0.2, 0.25) is 0 Å². The molecule has 1 amide bonds. The first-order chi connectivity index (χ1) is 15.7. The molecule has 0 aliphatic carbocycles. The van der Waals surface area contributed by atoms with Gasteiger partial charge in [-0.3, -0.25) is 4.79 Å². The minimum atomic E-state index is -4.85. The predicted octanol–water partition coefficient (Wildman–Crippen LogP) is 4.22. The number of benzene rings is 2. The minimum absolute atomic E-state index is 0.00355. The first-order valence-electron chi connectivity index (χ1n) is 10.3. The van der Waals surface area contributed by atoms with Gasteiger partial charge in [-0.1, -0.05) is 6.07 Å². The van der Waals surface area contributed by atoms with Crippen LogP contribution >= 0.6 is 0 Å². The number of rotatable bonds is 2. The number of alkyl halides is 3. The van der Waals surface area contributed by atoms with Crippen LogP contribution in [-0.2, 0) is 28.9 Å². The van der Waals surface area contributed by atoms with Crippen molar-refractivity contribution >= 4 is 22.6 Å². The molecule has 2 aliphatic rings. The van der Waals surface area contributed by atoms with Crippen molar-refractivity contribution in [3.63, 3.8) is 0 Å². The van der Waals surface area contributed by atoms with Crippen molar-refractivity contribution in [2.45, 2.75) is 25.4 Å².